The fourth-order valence-corrected chi connectivity index (χ4v) is 4.82. The van der Waals surface area contributed by atoms with Gasteiger partial charge in [0.15, 0.2) is 0 Å². The molecule has 0 atom stereocenters. The van der Waals surface area contributed by atoms with Gasteiger partial charge in [-0.3, -0.25) is 0 Å². The van der Waals surface area contributed by atoms with Gasteiger partial charge in [-0.15, -0.1) is 0 Å². The predicted molar refractivity (Wildman–Crippen MR) is 96.5 cm³/mol. The third-order valence-electron chi connectivity index (χ3n) is 6.67. The van der Waals surface area contributed by atoms with Crippen molar-refractivity contribution >= 4 is 0 Å². The van der Waals surface area contributed by atoms with E-state index in [0.717, 1.165) is 36.2 Å². The minimum atomic E-state index is -4.23. The van der Waals surface area contributed by atoms with E-state index in [0.29, 0.717) is 5.92 Å². The zero-order valence-corrected chi connectivity index (χ0v) is 15.3. The number of hydrogen-bond donors (Lipinski definition) is 0. The van der Waals surface area contributed by atoms with Crippen molar-refractivity contribution in [3.63, 3.8) is 0 Å². The van der Waals surface area contributed by atoms with Crippen molar-refractivity contribution in [2.75, 3.05) is 0 Å². The molecule has 0 unspecified atom stereocenters. The third kappa shape index (κ3) is 5.24. The van der Waals surface area contributed by atoms with Crippen LogP contribution in [0.3, 0.4) is 0 Å². The zero-order valence-electron chi connectivity index (χ0n) is 15.3. The lowest BCUT2D eigenvalue weighted by Gasteiger charge is -2.31. The normalized spacial score (nSPS) is 31.0. The Hall–Kier alpha value is -0.990. The van der Waals surface area contributed by atoms with Crippen LogP contribution in [0.25, 0.3) is 0 Å². The zero-order chi connectivity index (χ0) is 17.9. The van der Waals surface area contributed by atoms with Gasteiger partial charge in [0.2, 0.25) is 0 Å². The van der Waals surface area contributed by atoms with Gasteiger partial charge >= 0.3 is 6.18 Å². The SMILES string of the molecule is CC1CCC(CCC2CCC(c3ccc(C(F)(F)F)cc3)CC2)CC1. The van der Waals surface area contributed by atoms with Crippen molar-refractivity contribution in [2.45, 2.75) is 83.2 Å². The number of rotatable bonds is 4. The molecule has 2 saturated carbocycles. The average Bonchev–Trinajstić information content (AvgIpc) is 2.61. The van der Waals surface area contributed by atoms with E-state index in [4.69, 9.17) is 0 Å². The topological polar surface area (TPSA) is 0 Å². The van der Waals surface area contributed by atoms with E-state index in [1.807, 2.05) is 0 Å². The number of benzene rings is 1. The van der Waals surface area contributed by atoms with E-state index >= 15 is 0 Å². The molecule has 3 heteroatoms. The van der Waals surface area contributed by atoms with Gasteiger partial charge in [0.1, 0.15) is 0 Å². The van der Waals surface area contributed by atoms with Crippen LogP contribution >= 0.6 is 0 Å². The lowest BCUT2D eigenvalue weighted by molar-refractivity contribution is -0.137. The summed E-state index contributed by atoms with van der Waals surface area (Å²) >= 11 is 0. The van der Waals surface area contributed by atoms with E-state index in [1.54, 1.807) is 12.1 Å². The van der Waals surface area contributed by atoms with Crippen molar-refractivity contribution in [3.8, 4) is 0 Å². The van der Waals surface area contributed by atoms with Gasteiger partial charge < -0.3 is 0 Å². The van der Waals surface area contributed by atoms with Crippen molar-refractivity contribution in [1.82, 2.24) is 0 Å². The van der Waals surface area contributed by atoms with Crippen LogP contribution in [-0.2, 0) is 6.18 Å². The van der Waals surface area contributed by atoms with Crippen LogP contribution in [-0.4, -0.2) is 0 Å². The molecule has 140 valence electrons. The minimum absolute atomic E-state index is 0.453. The second-order valence-corrected chi connectivity index (χ2v) is 8.54. The van der Waals surface area contributed by atoms with Crippen molar-refractivity contribution < 1.29 is 13.2 Å². The molecule has 2 fully saturated rings. The van der Waals surface area contributed by atoms with Crippen LogP contribution in [0.2, 0.25) is 0 Å². The summed E-state index contributed by atoms with van der Waals surface area (Å²) in [7, 11) is 0. The molecule has 1 aromatic carbocycles. The summed E-state index contributed by atoms with van der Waals surface area (Å²) in [5, 5.41) is 0. The Morgan fingerprint density at radius 1 is 0.760 bits per heavy atom. The maximum absolute atomic E-state index is 12.7. The van der Waals surface area contributed by atoms with E-state index in [9.17, 15) is 13.2 Å². The Balaban J connectivity index is 1.42. The van der Waals surface area contributed by atoms with Crippen LogP contribution in [0, 0.1) is 17.8 Å². The highest BCUT2D eigenvalue weighted by Gasteiger charge is 2.30. The standard InChI is InChI=1S/C22H31F3/c1-16-2-4-17(5-3-16)6-7-18-8-10-19(11-9-18)20-12-14-21(15-13-20)22(23,24)25/h12-19H,2-11H2,1H3. The highest BCUT2D eigenvalue weighted by molar-refractivity contribution is 5.27. The van der Waals surface area contributed by atoms with Crippen LogP contribution in [0.4, 0.5) is 13.2 Å². The number of halogens is 3. The lowest BCUT2D eigenvalue weighted by Crippen LogP contribution is -2.17. The molecule has 0 amide bonds. The maximum Gasteiger partial charge on any atom is 0.416 e. The van der Waals surface area contributed by atoms with Gasteiger partial charge in [-0.1, -0.05) is 57.6 Å². The molecule has 0 radical (unpaired) electrons. The highest BCUT2D eigenvalue weighted by Crippen LogP contribution is 2.40. The molecular weight excluding hydrogens is 321 g/mol. The Morgan fingerprint density at radius 3 is 1.72 bits per heavy atom. The Bertz CT molecular complexity index is 515. The molecule has 2 aliphatic rings. The quantitative estimate of drug-likeness (QED) is 0.524. The first-order chi connectivity index (χ1) is 11.9. The smallest absolute Gasteiger partial charge is 0.166 e. The molecule has 0 saturated heterocycles. The summed E-state index contributed by atoms with van der Waals surface area (Å²) in [6.45, 7) is 2.37. The molecule has 0 spiro atoms. The maximum atomic E-state index is 12.7. The van der Waals surface area contributed by atoms with Crippen molar-refractivity contribution in [1.29, 1.82) is 0 Å². The summed E-state index contributed by atoms with van der Waals surface area (Å²) in [5.41, 5.74) is 0.555. The van der Waals surface area contributed by atoms with Crippen molar-refractivity contribution in [3.05, 3.63) is 35.4 Å². The Kier molecular flexibility index (Phi) is 6.12. The van der Waals surface area contributed by atoms with Gasteiger partial charge in [0, 0.05) is 0 Å². The van der Waals surface area contributed by atoms with Crippen LogP contribution < -0.4 is 0 Å². The van der Waals surface area contributed by atoms with E-state index in [2.05, 4.69) is 6.92 Å². The second kappa shape index (κ2) is 8.14. The van der Waals surface area contributed by atoms with Gasteiger partial charge in [-0.25, -0.2) is 0 Å². The van der Waals surface area contributed by atoms with Gasteiger partial charge in [0.25, 0.3) is 0 Å². The van der Waals surface area contributed by atoms with Crippen LogP contribution in [0.1, 0.15) is 88.2 Å². The van der Waals surface area contributed by atoms with Crippen LogP contribution in [0.5, 0.6) is 0 Å². The van der Waals surface area contributed by atoms with Gasteiger partial charge in [0.05, 0.1) is 5.56 Å². The monoisotopic (exact) mass is 352 g/mol. The van der Waals surface area contributed by atoms with Gasteiger partial charge in [-0.2, -0.15) is 13.2 Å². The first-order valence-corrected chi connectivity index (χ1v) is 10.1. The first kappa shape index (κ1) is 18.8. The Labute approximate surface area is 150 Å². The summed E-state index contributed by atoms with van der Waals surface area (Å²) in [5.74, 6) is 3.17. The summed E-state index contributed by atoms with van der Waals surface area (Å²) in [6, 6.07) is 5.87. The Morgan fingerprint density at radius 2 is 1.24 bits per heavy atom. The molecule has 25 heavy (non-hydrogen) atoms. The summed E-state index contributed by atoms with van der Waals surface area (Å²) in [6.07, 6.45) is 8.94. The second-order valence-electron chi connectivity index (χ2n) is 8.54. The molecule has 1 aromatic rings. The number of alkyl halides is 3. The van der Waals surface area contributed by atoms with Crippen LogP contribution in [0.15, 0.2) is 24.3 Å². The van der Waals surface area contributed by atoms with E-state index in [-0.39, 0.29) is 0 Å². The van der Waals surface area contributed by atoms with E-state index < -0.39 is 11.7 Å². The molecule has 0 aromatic heterocycles. The minimum Gasteiger partial charge on any atom is -0.166 e. The molecular formula is C22H31F3. The molecule has 0 nitrogen and oxygen atoms in total. The molecule has 0 aliphatic heterocycles. The lowest BCUT2D eigenvalue weighted by atomic mass is 9.74. The fraction of sp³-hybridized carbons (Fsp3) is 0.727. The number of hydrogen-bond acceptors (Lipinski definition) is 0. The summed E-state index contributed by atoms with van der Waals surface area (Å²) in [4.78, 5) is 0. The van der Waals surface area contributed by atoms with Crippen molar-refractivity contribution in [2.24, 2.45) is 17.8 Å². The average molecular weight is 352 g/mol. The molecule has 0 bridgehead atoms. The molecule has 3 rings (SSSR count). The van der Waals surface area contributed by atoms with E-state index in [1.165, 1.54) is 63.5 Å². The molecule has 0 heterocycles. The largest absolute Gasteiger partial charge is 0.416 e. The highest BCUT2D eigenvalue weighted by atomic mass is 19.4. The third-order valence-corrected chi connectivity index (χ3v) is 6.67. The predicted octanol–water partition coefficient (Wildman–Crippen LogP) is 7.59. The first-order valence-electron chi connectivity index (χ1n) is 10.1. The molecule has 0 N–H and O–H groups in total. The fourth-order valence-electron chi connectivity index (χ4n) is 4.82. The summed E-state index contributed by atoms with van der Waals surface area (Å²) < 4.78 is 38.0. The molecule has 2 aliphatic carbocycles. The van der Waals surface area contributed by atoms with Gasteiger partial charge in [-0.05, 0) is 67.1 Å².